The van der Waals surface area contributed by atoms with Gasteiger partial charge in [-0.25, -0.2) is 4.98 Å². The van der Waals surface area contributed by atoms with E-state index in [1.165, 1.54) is 0 Å². The molecule has 9 nitrogen and oxygen atoms in total. The highest BCUT2D eigenvalue weighted by Gasteiger charge is 2.20. The third-order valence-electron chi connectivity index (χ3n) is 7.26. The summed E-state index contributed by atoms with van der Waals surface area (Å²) in [5.41, 5.74) is 6.46. The molecule has 1 aliphatic heterocycles. The number of carbonyl (C=O) groups excluding carboxylic acids is 1. The summed E-state index contributed by atoms with van der Waals surface area (Å²) in [5.74, 6) is 1.03. The molecule has 0 unspecified atom stereocenters. The fourth-order valence-electron chi connectivity index (χ4n) is 5.06. The van der Waals surface area contributed by atoms with Crippen molar-refractivity contribution in [2.24, 2.45) is 0 Å². The molecule has 1 fully saturated rings. The fraction of sp³-hybridized carbons (Fsp3) is 0.310. The van der Waals surface area contributed by atoms with E-state index in [4.69, 9.17) is 4.98 Å². The Bertz CT molecular complexity index is 1600. The summed E-state index contributed by atoms with van der Waals surface area (Å²) in [6.07, 6.45) is 7.76. The number of likely N-dealkylation sites (N-methyl/N-ethyl adjacent to an activating group) is 1. The van der Waals surface area contributed by atoms with Crippen molar-refractivity contribution in [3.63, 3.8) is 0 Å². The maximum atomic E-state index is 12.2. The molecular formula is C29H32N8O. The molecule has 0 atom stereocenters. The van der Waals surface area contributed by atoms with Crippen molar-refractivity contribution in [1.29, 1.82) is 0 Å². The summed E-state index contributed by atoms with van der Waals surface area (Å²) in [6.45, 7) is 6.06. The molecule has 1 saturated heterocycles. The number of unbranched alkanes of at least 4 members (excludes halogenated alkanes) is 1. The number of fused-ring (bicyclic) bond motifs is 2. The third-order valence-corrected chi connectivity index (χ3v) is 7.26. The van der Waals surface area contributed by atoms with Crippen molar-refractivity contribution in [2.75, 3.05) is 43.4 Å². The van der Waals surface area contributed by atoms with Crippen LogP contribution < -0.4 is 10.2 Å². The van der Waals surface area contributed by atoms with Gasteiger partial charge in [0.15, 0.2) is 0 Å². The van der Waals surface area contributed by atoms with E-state index in [0.29, 0.717) is 12.1 Å². The van der Waals surface area contributed by atoms with Gasteiger partial charge in [-0.1, -0.05) is 19.4 Å². The zero-order chi connectivity index (χ0) is 26.1. The molecule has 5 heterocycles. The molecule has 9 heteroatoms. The first-order valence-corrected chi connectivity index (χ1v) is 13.2. The number of rotatable bonds is 7. The van der Waals surface area contributed by atoms with Gasteiger partial charge in [0.1, 0.15) is 11.5 Å². The second-order valence-corrected chi connectivity index (χ2v) is 10.0. The summed E-state index contributed by atoms with van der Waals surface area (Å²) in [5, 5.41) is 12.9. The number of pyridine rings is 2. The molecule has 5 aromatic rings. The number of aromatic amines is 2. The van der Waals surface area contributed by atoms with Gasteiger partial charge in [0.25, 0.3) is 0 Å². The number of benzene rings is 1. The molecule has 194 valence electrons. The number of nitrogens with zero attached hydrogens (tertiary/aromatic N) is 5. The van der Waals surface area contributed by atoms with Crippen molar-refractivity contribution in [2.45, 2.75) is 26.2 Å². The molecule has 0 saturated carbocycles. The molecule has 1 aliphatic rings. The fourth-order valence-corrected chi connectivity index (χ4v) is 5.06. The number of aromatic nitrogens is 5. The van der Waals surface area contributed by atoms with Crippen molar-refractivity contribution in [1.82, 2.24) is 30.0 Å². The van der Waals surface area contributed by atoms with Crippen LogP contribution in [0.15, 0.2) is 55.0 Å². The molecule has 0 aliphatic carbocycles. The molecule has 3 N–H and O–H groups in total. The zero-order valence-corrected chi connectivity index (χ0v) is 21.8. The number of carbonyl (C=O) groups is 1. The Labute approximate surface area is 221 Å². The van der Waals surface area contributed by atoms with Gasteiger partial charge in [-0.3, -0.25) is 14.9 Å². The number of piperazine rings is 1. The molecule has 0 bridgehead atoms. The van der Waals surface area contributed by atoms with Crippen LogP contribution >= 0.6 is 0 Å². The Morgan fingerprint density at radius 2 is 1.87 bits per heavy atom. The third kappa shape index (κ3) is 4.72. The van der Waals surface area contributed by atoms with Gasteiger partial charge in [-0.05, 0) is 49.4 Å². The predicted molar refractivity (Wildman–Crippen MR) is 152 cm³/mol. The van der Waals surface area contributed by atoms with Gasteiger partial charge >= 0.3 is 0 Å². The van der Waals surface area contributed by atoms with Gasteiger partial charge in [0.05, 0.1) is 28.6 Å². The van der Waals surface area contributed by atoms with Gasteiger partial charge in [0, 0.05) is 61.3 Å². The summed E-state index contributed by atoms with van der Waals surface area (Å²) >= 11 is 0. The number of hydrogen-bond acceptors (Lipinski definition) is 6. The molecule has 6 rings (SSSR count). The Balaban J connectivity index is 1.33. The van der Waals surface area contributed by atoms with E-state index < -0.39 is 0 Å². The highest BCUT2D eigenvalue weighted by molar-refractivity contribution is 6.00. The van der Waals surface area contributed by atoms with Crippen LogP contribution in [0.4, 0.5) is 11.5 Å². The van der Waals surface area contributed by atoms with Crippen LogP contribution in [-0.2, 0) is 4.79 Å². The van der Waals surface area contributed by atoms with Crippen LogP contribution in [0.2, 0.25) is 0 Å². The van der Waals surface area contributed by atoms with Crippen molar-refractivity contribution >= 4 is 39.2 Å². The lowest BCUT2D eigenvalue weighted by atomic mass is 10.0. The van der Waals surface area contributed by atoms with E-state index in [-0.39, 0.29) is 5.91 Å². The quantitative estimate of drug-likeness (QED) is 0.284. The van der Waals surface area contributed by atoms with E-state index in [9.17, 15) is 4.79 Å². The van der Waals surface area contributed by atoms with E-state index in [1.807, 2.05) is 36.7 Å². The summed E-state index contributed by atoms with van der Waals surface area (Å²) in [4.78, 5) is 29.6. The number of H-pyrrole nitrogens is 2. The van der Waals surface area contributed by atoms with Crippen LogP contribution in [0.1, 0.15) is 26.2 Å². The average molecular weight is 509 g/mol. The SMILES string of the molecule is CCCCC(=O)Nc1cncc(-c2ccc3[nH]nc(-c4cc5c(N6CCN(C)CC6)nccc5[nH]4)c3c2)c1. The van der Waals surface area contributed by atoms with Gasteiger partial charge in [-0.2, -0.15) is 5.10 Å². The first kappa shape index (κ1) is 24.1. The molecule has 1 aromatic carbocycles. The Morgan fingerprint density at radius 1 is 1.00 bits per heavy atom. The molecular weight excluding hydrogens is 476 g/mol. The van der Waals surface area contributed by atoms with Gasteiger partial charge in [0.2, 0.25) is 5.91 Å². The van der Waals surface area contributed by atoms with Crippen LogP contribution in [-0.4, -0.2) is 69.2 Å². The minimum atomic E-state index is 0.0163. The van der Waals surface area contributed by atoms with E-state index in [2.05, 4.69) is 61.4 Å². The normalized spacial score (nSPS) is 14.4. The Hall–Kier alpha value is -4.24. The largest absolute Gasteiger partial charge is 0.353 e. The molecule has 38 heavy (non-hydrogen) atoms. The standard InChI is InChI=1S/C29H32N8O/c1-3-4-5-27(38)32-21-14-20(17-30-18-21)19-6-7-25-22(15-19)28(35-34-25)26-16-23-24(33-26)8-9-31-29(23)37-12-10-36(2)11-13-37/h6-9,14-18,33H,3-5,10-13H2,1-2H3,(H,32,38)(H,34,35). The summed E-state index contributed by atoms with van der Waals surface area (Å²) in [6, 6.07) is 12.3. The number of anilines is 2. The summed E-state index contributed by atoms with van der Waals surface area (Å²) < 4.78 is 0. The van der Waals surface area contributed by atoms with Crippen LogP contribution in [0.25, 0.3) is 44.3 Å². The van der Waals surface area contributed by atoms with Gasteiger partial charge in [-0.15, -0.1) is 0 Å². The van der Waals surface area contributed by atoms with Crippen LogP contribution in [0, 0.1) is 0 Å². The maximum Gasteiger partial charge on any atom is 0.224 e. The van der Waals surface area contributed by atoms with Gasteiger partial charge < -0.3 is 20.1 Å². The number of hydrogen-bond donors (Lipinski definition) is 3. The number of nitrogens with one attached hydrogen (secondary N) is 3. The topological polar surface area (TPSA) is 106 Å². The van der Waals surface area contributed by atoms with E-state index >= 15 is 0 Å². The second-order valence-electron chi connectivity index (χ2n) is 10.0. The van der Waals surface area contributed by atoms with Crippen LogP contribution in [0.5, 0.6) is 0 Å². The zero-order valence-electron chi connectivity index (χ0n) is 21.8. The minimum absolute atomic E-state index is 0.0163. The lowest BCUT2D eigenvalue weighted by molar-refractivity contribution is -0.116. The molecule has 4 aromatic heterocycles. The monoisotopic (exact) mass is 508 g/mol. The summed E-state index contributed by atoms with van der Waals surface area (Å²) in [7, 11) is 2.16. The van der Waals surface area contributed by atoms with E-state index in [1.54, 1.807) is 6.20 Å². The van der Waals surface area contributed by atoms with Crippen molar-refractivity contribution in [3.05, 3.63) is 55.0 Å². The Morgan fingerprint density at radius 3 is 2.71 bits per heavy atom. The average Bonchev–Trinajstić information content (AvgIpc) is 3.56. The number of amides is 1. The van der Waals surface area contributed by atoms with Crippen molar-refractivity contribution < 1.29 is 4.79 Å². The molecule has 0 spiro atoms. The predicted octanol–water partition coefficient (Wildman–Crippen LogP) is 5.05. The lowest BCUT2D eigenvalue weighted by Crippen LogP contribution is -2.44. The molecule has 1 amide bonds. The minimum Gasteiger partial charge on any atom is -0.353 e. The lowest BCUT2D eigenvalue weighted by Gasteiger charge is -2.33. The first-order chi connectivity index (χ1) is 18.6. The highest BCUT2D eigenvalue weighted by Crippen LogP contribution is 2.34. The second kappa shape index (κ2) is 10.3. The molecule has 0 radical (unpaired) electrons. The maximum absolute atomic E-state index is 12.2. The first-order valence-electron chi connectivity index (χ1n) is 13.2. The highest BCUT2D eigenvalue weighted by atomic mass is 16.1. The van der Waals surface area contributed by atoms with E-state index in [0.717, 1.165) is 89.2 Å². The van der Waals surface area contributed by atoms with Crippen molar-refractivity contribution in [3.8, 4) is 22.5 Å². The Kier molecular flexibility index (Phi) is 6.51. The van der Waals surface area contributed by atoms with Crippen LogP contribution in [0.3, 0.4) is 0 Å². The smallest absolute Gasteiger partial charge is 0.224 e.